The smallest absolute Gasteiger partial charge is 0.00425 e. The molecule has 0 unspecified atom stereocenters. The molecule has 1 nitrogen and oxygen atoms in total. The van der Waals surface area contributed by atoms with Gasteiger partial charge in [-0.2, -0.15) is 0 Å². The van der Waals surface area contributed by atoms with Crippen molar-refractivity contribution in [2.75, 3.05) is 6.54 Å². The standard InChI is InChI=1S/C12H17N/c1-10-6-7-11(2)12(9-10)5-3-4-8-13/h3,5-7,9H,4,8,13H2,1-2H3/b5-3+. The zero-order valence-electron chi connectivity index (χ0n) is 8.38. The average molecular weight is 175 g/mol. The van der Waals surface area contributed by atoms with E-state index in [0.717, 1.165) is 13.0 Å². The number of benzene rings is 1. The van der Waals surface area contributed by atoms with Crippen molar-refractivity contribution in [3.8, 4) is 0 Å². The van der Waals surface area contributed by atoms with Gasteiger partial charge in [-0.05, 0) is 37.9 Å². The predicted octanol–water partition coefficient (Wildman–Crippen LogP) is 2.67. The van der Waals surface area contributed by atoms with Gasteiger partial charge in [0.1, 0.15) is 0 Å². The van der Waals surface area contributed by atoms with E-state index in [1.54, 1.807) is 0 Å². The molecule has 0 aliphatic heterocycles. The lowest BCUT2D eigenvalue weighted by molar-refractivity contribution is 1.01. The molecule has 13 heavy (non-hydrogen) atoms. The van der Waals surface area contributed by atoms with Crippen molar-refractivity contribution in [1.29, 1.82) is 0 Å². The van der Waals surface area contributed by atoms with E-state index in [1.807, 2.05) is 0 Å². The van der Waals surface area contributed by atoms with E-state index in [-0.39, 0.29) is 0 Å². The fourth-order valence-electron chi connectivity index (χ4n) is 1.25. The quantitative estimate of drug-likeness (QED) is 0.751. The molecule has 0 atom stereocenters. The van der Waals surface area contributed by atoms with Crippen molar-refractivity contribution < 1.29 is 0 Å². The molecule has 0 aliphatic carbocycles. The van der Waals surface area contributed by atoms with E-state index in [2.05, 4.69) is 44.2 Å². The van der Waals surface area contributed by atoms with E-state index in [9.17, 15) is 0 Å². The second-order valence-electron chi connectivity index (χ2n) is 3.34. The fourth-order valence-corrected chi connectivity index (χ4v) is 1.25. The van der Waals surface area contributed by atoms with E-state index in [4.69, 9.17) is 5.73 Å². The molecule has 0 heterocycles. The fraction of sp³-hybridized carbons (Fsp3) is 0.333. The number of hydrogen-bond donors (Lipinski definition) is 1. The second kappa shape index (κ2) is 4.83. The molecule has 0 radical (unpaired) electrons. The highest BCUT2D eigenvalue weighted by atomic mass is 14.5. The summed E-state index contributed by atoms with van der Waals surface area (Å²) in [4.78, 5) is 0. The van der Waals surface area contributed by atoms with E-state index in [0.29, 0.717) is 0 Å². The van der Waals surface area contributed by atoms with Gasteiger partial charge in [0.15, 0.2) is 0 Å². The van der Waals surface area contributed by atoms with Crippen molar-refractivity contribution >= 4 is 6.08 Å². The third kappa shape index (κ3) is 3.03. The maximum Gasteiger partial charge on any atom is -0.00425 e. The predicted molar refractivity (Wildman–Crippen MR) is 58.6 cm³/mol. The van der Waals surface area contributed by atoms with Crippen LogP contribution in [0.1, 0.15) is 23.1 Å². The lowest BCUT2D eigenvalue weighted by Crippen LogP contribution is -1.95. The molecule has 0 aromatic heterocycles. The summed E-state index contributed by atoms with van der Waals surface area (Å²) in [5.41, 5.74) is 9.33. The van der Waals surface area contributed by atoms with Gasteiger partial charge in [0.25, 0.3) is 0 Å². The Labute approximate surface area is 80.3 Å². The van der Waals surface area contributed by atoms with Crippen molar-refractivity contribution in [3.05, 3.63) is 41.0 Å². The summed E-state index contributed by atoms with van der Waals surface area (Å²) in [6.45, 7) is 4.96. The highest BCUT2D eigenvalue weighted by Crippen LogP contribution is 2.12. The van der Waals surface area contributed by atoms with Crippen LogP contribution in [0.5, 0.6) is 0 Å². The first-order chi connectivity index (χ1) is 6.24. The normalized spacial score (nSPS) is 11.0. The van der Waals surface area contributed by atoms with Gasteiger partial charge in [0.2, 0.25) is 0 Å². The zero-order valence-corrected chi connectivity index (χ0v) is 8.38. The molecule has 0 saturated carbocycles. The highest BCUT2D eigenvalue weighted by molar-refractivity contribution is 5.54. The zero-order chi connectivity index (χ0) is 9.68. The molecule has 0 amide bonds. The lowest BCUT2D eigenvalue weighted by Gasteiger charge is -2.01. The Morgan fingerprint density at radius 2 is 2.08 bits per heavy atom. The molecule has 70 valence electrons. The van der Waals surface area contributed by atoms with Gasteiger partial charge in [0, 0.05) is 0 Å². The third-order valence-electron chi connectivity index (χ3n) is 2.07. The molecule has 0 aliphatic rings. The molecule has 1 heteroatoms. The monoisotopic (exact) mass is 175 g/mol. The lowest BCUT2D eigenvalue weighted by atomic mass is 10.1. The van der Waals surface area contributed by atoms with E-state index in [1.165, 1.54) is 16.7 Å². The summed E-state index contributed by atoms with van der Waals surface area (Å²) in [5.74, 6) is 0. The molecule has 2 N–H and O–H groups in total. The van der Waals surface area contributed by atoms with Gasteiger partial charge in [-0.3, -0.25) is 0 Å². The first-order valence-electron chi connectivity index (χ1n) is 4.68. The largest absolute Gasteiger partial charge is 0.330 e. The third-order valence-corrected chi connectivity index (χ3v) is 2.07. The summed E-state index contributed by atoms with van der Waals surface area (Å²) in [7, 11) is 0. The van der Waals surface area contributed by atoms with Crippen LogP contribution in [0.2, 0.25) is 0 Å². The van der Waals surface area contributed by atoms with E-state index < -0.39 is 0 Å². The van der Waals surface area contributed by atoms with Gasteiger partial charge in [-0.25, -0.2) is 0 Å². The van der Waals surface area contributed by atoms with Gasteiger partial charge in [-0.15, -0.1) is 0 Å². The highest BCUT2D eigenvalue weighted by Gasteiger charge is 1.92. The Balaban J connectivity index is 2.81. The van der Waals surface area contributed by atoms with Crippen LogP contribution in [0.15, 0.2) is 24.3 Å². The molecule has 1 aromatic rings. The topological polar surface area (TPSA) is 26.0 Å². The summed E-state index contributed by atoms with van der Waals surface area (Å²) in [5, 5.41) is 0. The Morgan fingerprint density at radius 1 is 1.31 bits per heavy atom. The summed E-state index contributed by atoms with van der Waals surface area (Å²) in [6.07, 6.45) is 5.23. The van der Waals surface area contributed by atoms with E-state index >= 15 is 0 Å². The summed E-state index contributed by atoms with van der Waals surface area (Å²) in [6, 6.07) is 6.48. The maximum absolute atomic E-state index is 5.41. The Morgan fingerprint density at radius 3 is 2.77 bits per heavy atom. The van der Waals surface area contributed by atoms with Crippen LogP contribution in [0.4, 0.5) is 0 Å². The number of aryl methyl sites for hydroxylation is 2. The number of nitrogens with two attached hydrogens (primary N) is 1. The van der Waals surface area contributed by atoms with Crippen LogP contribution in [0.3, 0.4) is 0 Å². The minimum Gasteiger partial charge on any atom is -0.330 e. The molecule has 1 aromatic carbocycles. The van der Waals surface area contributed by atoms with Crippen molar-refractivity contribution in [2.24, 2.45) is 5.73 Å². The van der Waals surface area contributed by atoms with Crippen LogP contribution in [0, 0.1) is 13.8 Å². The Bertz CT molecular complexity index is 300. The van der Waals surface area contributed by atoms with Gasteiger partial charge in [0.05, 0.1) is 0 Å². The van der Waals surface area contributed by atoms with Gasteiger partial charge >= 0.3 is 0 Å². The number of hydrogen-bond acceptors (Lipinski definition) is 1. The van der Waals surface area contributed by atoms with Gasteiger partial charge in [-0.1, -0.05) is 35.9 Å². The Hall–Kier alpha value is -1.08. The van der Waals surface area contributed by atoms with Crippen molar-refractivity contribution in [1.82, 2.24) is 0 Å². The molecular formula is C12H17N. The molecule has 0 spiro atoms. The Kier molecular flexibility index (Phi) is 3.71. The molecule has 0 saturated heterocycles. The molecule has 0 bridgehead atoms. The minimum atomic E-state index is 0.724. The van der Waals surface area contributed by atoms with Crippen molar-refractivity contribution in [2.45, 2.75) is 20.3 Å². The summed E-state index contributed by atoms with van der Waals surface area (Å²) >= 11 is 0. The minimum absolute atomic E-state index is 0.724. The molecule has 0 fully saturated rings. The molecule has 1 rings (SSSR count). The van der Waals surface area contributed by atoms with Gasteiger partial charge < -0.3 is 5.73 Å². The maximum atomic E-state index is 5.41. The first-order valence-corrected chi connectivity index (χ1v) is 4.68. The molecular weight excluding hydrogens is 158 g/mol. The van der Waals surface area contributed by atoms with Crippen LogP contribution in [0.25, 0.3) is 6.08 Å². The van der Waals surface area contributed by atoms with Crippen LogP contribution < -0.4 is 5.73 Å². The van der Waals surface area contributed by atoms with Crippen molar-refractivity contribution in [3.63, 3.8) is 0 Å². The SMILES string of the molecule is Cc1ccc(C)c(/C=C/CCN)c1. The summed E-state index contributed by atoms with van der Waals surface area (Å²) < 4.78 is 0. The second-order valence-corrected chi connectivity index (χ2v) is 3.34. The van der Waals surface area contributed by atoms with Crippen LogP contribution >= 0.6 is 0 Å². The van der Waals surface area contributed by atoms with Crippen LogP contribution in [-0.2, 0) is 0 Å². The average Bonchev–Trinajstić information content (AvgIpc) is 2.11. The first kappa shape index (κ1) is 10.0. The number of rotatable bonds is 3. The van der Waals surface area contributed by atoms with Crippen LogP contribution in [-0.4, -0.2) is 6.54 Å².